The lowest BCUT2D eigenvalue weighted by atomic mass is 10.1. The van der Waals surface area contributed by atoms with Crippen molar-refractivity contribution in [3.8, 4) is 39.2 Å². The molecule has 7 nitrogen and oxygen atoms in total. The van der Waals surface area contributed by atoms with Gasteiger partial charge in [0.15, 0.2) is 11.5 Å². The monoisotopic (exact) mass is 705 g/mol. The second kappa shape index (κ2) is 16.5. The molecule has 0 spiro atoms. The normalized spacial score (nSPS) is 12.9. The summed E-state index contributed by atoms with van der Waals surface area (Å²) in [5.41, 5.74) is 1.39. The third kappa shape index (κ3) is 8.52. The number of piperidine rings is 1. The summed E-state index contributed by atoms with van der Waals surface area (Å²) in [4.78, 5) is 29.9. The molecule has 0 amide bonds. The van der Waals surface area contributed by atoms with Crippen molar-refractivity contribution in [3.05, 3.63) is 139 Å². The van der Waals surface area contributed by atoms with Crippen LogP contribution in [0.5, 0.6) is 28.7 Å². The van der Waals surface area contributed by atoms with E-state index in [1.807, 2.05) is 66.7 Å². The van der Waals surface area contributed by atoms with E-state index in [2.05, 4.69) is 4.90 Å². The summed E-state index contributed by atoms with van der Waals surface area (Å²) in [6.45, 7) is 3.76. The van der Waals surface area contributed by atoms with E-state index in [0.29, 0.717) is 29.0 Å². The Kier molecular flexibility index (Phi) is 11.5. The van der Waals surface area contributed by atoms with Crippen LogP contribution in [0.3, 0.4) is 0 Å². The molecule has 0 aliphatic carbocycles. The molecule has 0 unspecified atom stereocenters. The van der Waals surface area contributed by atoms with Crippen molar-refractivity contribution in [1.29, 1.82) is 0 Å². The zero-order chi connectivity index (χ0) is 33.4. The summed E-state index contributed by atoms with van der Waals surface area (Å²) < 4.78 is 25.5. The topological polar surface area (TPSA) is 74.3 Å². The summed E-state index contributed by atoms with van der Waals surface area (Å²) in [6, 6.07) is 38.3. The maximum atomic E-state index is 13.3. The van der Waals surface area contributed by atoms with Crippen molar-refractivity contribution < 1.29 is 28.5 Å². The van der Waals surface area contributed by atoms with Gasteiger partial charge in [0.05, 0.1) is 11.1 Å². The first-order valence-electron chi connectivity index (χ1n) is 16.4. The highest BCUT2D eigenvalue weighted by Crippen LogP contribution is 2.46. The molecule has 1 fully saturated rings. The van der Waals surface area contributed by atoms with Gasteiger partial charge in [-0.15, -0.1) is 23.7 Å². The number of carbonyl (C=O) groups excluding carboxylic acids is 2. The van der Waals surface area contributed by atoms with Crippen molar-refractivity contribution in [2.45, 2.75) is 19.3 Å². The van der Waals surface area contributed by atoms with Gasteiger partial charge in [-0.1, -0.05) is 61.0 Å². The van der Waals surface area contributed by atoms with E-state index in [4.69, 9.17) is 18.9 Å². The number of halogens is 1. The fourth-order valence-corrected chi connectivity index (χ4v) is 6.85. The number of hydrogen-bond acceptors (Lipinski definition) is 8. The molecule has 1 saturated heterocycles. The molecule has 0 atom stereocenters. The maximum absolute atomic E-state index is 13.3. The molecule has 1 aliphatic heterocycles. The van der Waals surface area contributed by atoms with Crippen LogP contribution >= 0.6 is 23.7 Å². The third-order valence-corrected chi connectivity index (χ3v) is 9.49. The number of rotatable bonds is 11. The fraction of sp³-hybridized carbons (Fsp3) is 0.171. The van der Waals surface area contributed by atoms with Gasteiger partial charge in [0, 0.05) is 27.8 Å². The predicted molar refractivity (Wildman–Crippen MR) is 200 cm³/mol. The molecule has 7 rings (SSSR count). The average molecular weight is 706 g/mol. The van der Waals surface area contributed by atoms with Gasteiger partial charge in [-0.25, -0.2) is 9.59 Å². The van der Waals surface area contributed by atoms with E-state index >= 15 is 0 Å². The minimum absolute atomic E-state index is 0. The highest BCUT2D eigenvalue weighted by Gasteiger charge is 2.22. The molecular weight excluding hydrogens is 670 g/mol. The van der Waals surface area contributed by atoms with Crippen LogP contribution in [-0.2, 0) is 0 Å². The van der Waals surface area contributed by atoms with Gasteiger partial charge in [-0.05, 0) is 98.0 Å². The van der Waals surface area contributed by atoms with Crippen molar-refractivity contribution >= 4 is 45.8 Å². The zero-order valence-corrected chi connectivity index (χ0v) is 28.9. The highest BCUT2D eigenvalue weighted by molar-refractivity contribution is 7.22. The zero-order valence-electron chi connectivity index (χ0n) is 27.3. The second-order valence-corrected chi connectivity index (χ2v) is 12.9. The lowest BCUT2D eigenvalue weighted by molar-refractivity contribution is 0.0729. The minimum Gasteiger partial charge on any atom is -0.492 e. The van der Waals surface area contributed by atoms with Crippen molar-refractivity contribution in [2.75, 3.05) is 26.2 Å². The SMILES string of the molecule is Cl.O=C(Oc1cc(OC(=O)c2ccccc2)c(-c2cc3ccccc3s2)cc1Oc1ccc(OCCN2CCCCC2)cc1)c1ccccc1. The van der Waals surface area contributed by atoms with E-state index < -0.39 is 11.9 Å². The Hall–Kier alpha value is -5.15. The molecule has 2 heterocycles. The number of carbonyl (C=O) groups is 2. The van der Waals surface area contributed by atoms with Crippen LogP contribution in [0, 0.1) is 0 Å². The largest absolute Gasteiger partial charge is 0.492 e. The molecule has 1 aromatic heterocycles. The van der Waals surface area contributed by atoms with E-state index in [0.717, 1.165) is 40.3 Å². The molecule has 254 valence electrons. The Bertz CT molecular complexity index is 2010. The molecule has 0 radical (unpaired) electrons. The van der Waals surface area contributed by atoms with Gasteiger partial charge in [0.25, 0.3) is 0 Å². The van der Waals surface area contributed by atoms with Crippen LogP contribution in [0.4, 0.5) is 0 Å². The van der Waals surface area contributed by atoms with Crippen molar-refractivity contribution in [3.63, 3.8) is 0 Å². The van der Waals surface area contributed by atoms with Crippen LogP contribution in [-0.4, -0.2) is 43.1 Å². The Morgan fingerprint density at radius 3 is 1.88 bits per heavy atom. The first kappa shape index (κ1) is 34.7. The molecule has 5 aromatic carbocycles. The number of thiophene rings is 1. The van der Waals surface area contributed by atoms with Gasteiger partial charge in [-0.2, -0.15) is 0 Å². The first-order valence-corrected chi connectivity index (χ1v) is 17.3. The predicted octanol–water partition coefficient (Wildman–Crippen LogP) is 10.1. The van der Waals surface area contributed by atoms with Crippen LogP contribution in [0.2, 0.25) is 0 Å². The number of benzene rings is 5. The molecule has 1 aliphatic rings. The molecular formula is C41H36ClNO6S. The van der Waals surface area contributed by atoms with E-state index in [-0.39, 0.29) is 29.7 Å². The van der Waals surface area contributed by atoms with E-state index in [1.54, 1.807) is 72.0 Å². The fourth-order valence-electron chi connectivity index (χ4n) is 5.76. The lowest BCUT2D eigenvalue weighted by Gasteiger charge is -2.26. The lowest BCUT2D eigenvalue weighted by Crippen LogP contribution is -2.33. The van der Waals surface area contributed by atoms with Crippen LogP contribution < -0.4 is 18.9 Å². The Morgan fingerprint density at radius 2 is 1.22 bits per heavy atom. The summed E-state index contributed by atoms with van der Waals surface area (Å²) in [6.07, 6.45) is 3.80. The number of nitrogens with zero attached hydrogens (tertiary/aromatic N) is 1. The van der Waals surface area contributed by atoms with Crippen LogP contribution in [0.25, 0.3) is 20.5 Å². The first-order chi connectivity index (χ1) is 24.1. The van der Waals surface area contributed by atoms with Crippen molar-refractivity contribution in [1.82, 2.24) is 4.90 Å². The summed E-state index contributed by atoms with van der Waals surface area (Å²) >= 11 is 1.56. The van der Waals surface area contributed by atoms with Gasteiger partial charge in [0.2, 0.25) is 0 Å². The Labute approximate surface area is 301 Å². The van der Waals surface area contributed by atoms with Crippen molar-refractivity contribution in [2.24, 2.45) is 0 Å². The number of fused-ring (bicyclic) bond motifs is 1. The molecule has 9 heteroatoms. The molecule has 0 saturated carbocycles. The van der Waals surface area contributed by atoms with Crippen LogP contribution in [0.1, 0.15) is 40.0 Å². The summed E-state index contributed by atoms with van der Waals surface area (Å²) in [7, 11) is 0. The maximum Gasteiger partial charge on any atom is 0.343 e. The van der Waals surface area contributed by atoms with Gasteiger partial charge in [-0.3, -0.25) is 4.90 Å². The standard InChI is InChI=1S/C41H35NO6S.ClH/c43-40(29-12-4-1-5-13-29)47-35-28-37(48-41(44)30-14-6-2-7-15-30)36(27-34(35)39-26-31-16-8-9-17-38(31)49-39)46-33-20-18-32(19-21-33)45-25-24-42-22-10-3-11-23-42;/h1-2,4-9,12-21,26-28H,3,10-11,22-25H2;1H. The van der Waals surface area contributed by atoms with E-state index in [9.17, 15) is 9.59 Å². The Balaban J connectivity index is 0.00000432. The minimum atomic E-state index is -0.571. The Morgan fingerprint density at radius 1 is 0.620 bits per heavy atom. The van der Waals surface area contributed by atoms with Gasteiger partial charge >= 0.3 is 11.9 Å². The summed E-state index contributed by atoms with van der Waals surface area (Å²) in [5.74, 6) is 0.796. The number of esters is 2. The molecule has 0 N–H and O–H groups in total. The summed E-state index contributed by atoms with van der Waals surface area (Å²) in [5, 5.41) is 1.06. The molecule has 50 heavy (non-hydrogen) atoms. The number of likely N-dealkylation sites (tertiary alicyclic amines) is 1. The van der Waals surface area contributed by atoms with Gasteiger partial charge < -0.3 is 18.9 Å². The molecule has 6 aromatic rings. The van der Waals surface area contributed by atoms with Gasteiger partial charge in [0.1, 0.15) is 23.9 Å². The molecule has 0 bridgehead atoms. The highest BCUT2D eigenvalue weighted by atomic mass is 35.5. The second-order valence-electron chi connectivity index (χ2n) is 11.8. The quantitative estimate of drug-likeness (QED) is 0.0981. The number of ether oxygens (including phenoxy) is 4. The average Bonchev–Trinajstić information content (AvgIpc) is 3.59. The van der Waals surface area contributed by atoms with Crippen LogP contribution in [0.15, 0.2) is 127 Å². The smallest absolute Gasteiger partial charge is 0.343 e. The third-order valence-electron chi connectivity index (χ3n) is 8.34. The number of hydrogen-bond donors (Lipinski definition) is 0. The van der Waals surface area contributed by atoms with E-state index in [1.165, 1.54) is 19.3 Å².